The molecule has 0 radical (unpaired) electrons. The molecule has 26 heavy (non-hydrogen) atoms. The van der Waals surface area contributed by atoms with Crippen molar-refractivity contribution in [1.82, 2.24) is 10.7 Å². The zero-order chi connectivity index (χ0) is 19.6. The number of amides is 1. The van der Waals surface area contributed by atoms with Gasteiger partial charge in [0.25, 0.3) is 5.91 Å². The van der Waals surface area contributed by atoms with Crippen molar-refractivity contribution in [3.63, 3.8) is 0 Å². The van der Waals surface area contributed by atoms with E-state index in [1.807, 2.05) is 0 Å². The summed E-state index contributed by atoms with van der Waals surface area (Å²) in [4.78, 5) is 29.6. The largest absolute Gasteiger partial charge is 0.399 e. The first-order valence-electron chi connectivity index (χ1n) is 6.76. The van der Waals surface area contributed by atoms with E-state index in [1.165, 1.54) is 18.3 Å². The van der Waals surface area contributed by atoms with Crippen LogP contribution in [-0.4, -0.2) is 22.2 Å². The number of hydrogen-bond acceptors (Lipinski definition) is 7. The van der Waals surface area contributed by atoms with Gasteiger partial charge in [0.2, 0.25) is 8.38 Å². The molecule has 1 amide bonds. The first-order valence-corrected chi connectivity index (χ1v) is 9.99. The molecule has 0 unspecified atom stereocenters. The molecule has 0 fully saturated rings. The predicted octanol–water partition coefficient (Wildman–Crippen LogP) is 2.66. The van der Waals surface area contributed by atoms with Gasteiger partial charge in [0.15, 0.2) is 0 Å². The molecule has 0 spiro atoms. The Morgan fingerprint density at radius 2 is 2.12 bits per heavy atom. The Morgan fingerprint density at radius 1 is 1.46 bits per heavy atom. The van der Waals surface area contributed by atoms with Gasteiger partial charge in [0, 0.05) is 27.3 Å². The Balaban J connectivity index is 2.42. The minimum absolute atomic E-state index is 0.00609. The Bertz CT molecular complexity index is 881. The number of nitrogens with two attached hydrogens (primary N) is 2. The lowest BCUT2D eigenvalue weighted by atomic mass is 10.1. The topological polar surface area (TPSA) is 134 Å². The van der Waals surface area contributed by atoms with Gasteiger partial charge >= 0.3 is 5.66 Å². The van der Waals surface area contributed by atoms with Crippen molar-refractivity contribution in [1.29, 1.82) is 0 Å². The molecule has 0 aliphatic carbocycles. The third-order valence-corrected chi connectivity index (χ3v) is 6.87. The maximum Gasteiger partial charge on any atom is 0.349 e. The van der Waals surface area contributed by atoms with Crippen LogP contribution in [-0.2, 0) is 5.66 Å². The summed E-state index contributed by atoms with van der Waals surface area (Å²) < 4.78 is 28.2. The number of nitrogens with one attached hydrogen (secondary N) is 2. The van der Waals surface area contributed by atoms with Crippen molar-refractivity contribution < 1.29 is 23.4 Å². The SMILES string of the molecule is NN/C=C(\N)CNC(=O)c1cc(Cl)c2sc(C(F)(F)P(O)O)c(Br)c2c1. The quantitative estimate of drug-likeness (QED) is 0.210. The molecule has 0 atom stereocenters. The monoisotopic (exact) mass is 488 g/mol. The second-order valence-corrected chi connectivity index (χ2v) is 8.34. The summed E-state index contributed by atoms with van der Waals surface area (Å²) in [5.41, 5.74) is 4.36. The van der Waals surface area contributed by atoms with Gasteiger partial charge in [0.1, 0.15) is 0 Å². The van der Waals surface area contributed by atoms with Crippen LogP contribution in [0.15, 0.2) is 28.5 Å². The number of thiophene rings is 1. The van der Waals surface area contributed by atoms with Crippen molar-refractivity contribution in [2.24, 2.45) is 11.6 Å². The summed E-state index contributed by atoms with van der Waals surface area (Å²) >= 11 is 9.76. The first kappa shape index (κ1) is 21.2. The maximum absolute atomic E-state index is 14.0. The molecule has 13 heteroatoms. The molecule has 7 nitrogen and oxygen atoms in total. The van der Waals surface area contributed by atoms with E-state index in [-0.39, 0.29) is 37.4 Å². The number of rotatable bonds is 6. The normalized spacial score (nSPS) is 12.7. The molecule has 0 aliphatic rings. The van der Waals surface area contributed by atoms with Gasteiger partial charge in [-0.2, -0.15) is 8.78 Å². The highest BCUT2D eigenvalue weighted by Crippen LogP contribution is 2.58. The average Bonchev–Trinajstić information content (AvgIpc) is 2.91. The highest BCUT2D eigenvalue weighted by molar-refractivity contribution is 9.10. The van der Waals surface area contributed by atoms with Gasteiger partial charge in [0.05, 0.1) is 21.1 Å². The van der Waals surface area contributed by atoms with E-state index < -0.39 is 24.8 Å². The molecule has 1 aromatic carbocycles. The summed E-state index contributed by atoms with van der Waals surface area (Å²) in [6.07, 6.45) is 1.29. The number of benzene rings is 1. The zero-order valence-electron chi connectivity index (χ0n) is 12.8. The number of fused-ring (bicyclic) bond motifs is 1. The predicted molar refractivity (Wildman–Crippen MR) is 102 cm³/mol. The van der Waals surface area contributed by atoms with Crippen molar-refractivity contribution in [2.45, 2.75) is 5.66 Å². The van der Waals surface area contributed by atoms with E-state index in [1.54, 1.807) is 0 Å². The molecule has 0 saturated carbocycles. The van der Waals surface area contributed by atoms with Gasteiger partial charge < -0.3 is 26.3 Å². The summed E-state index contributed by atoms with van der Waals surface area (Å²) in [5.74, 6) is 4.54. The standard InChI is InChI=1S/C13H13BrClF2N4O3PS/c14-9-7-1-5(12(22)20-3-6(18)4-21-19)2-8(15)10(7)26-11(9)13(16,17)25(23)24/h1-2,4,21,23-24H,3,18-19H2,(H,20,22)/b6-4-. The van der Waals surface area contributed by atoms with E-state index in [0.717, 1.165) is 0 Å². The molecule has 2 rings (SSSR count). The summed E-state index contributed by atoms with van der Waals surface area (Å²) in [6, 6.07) is 2.70. The lowest BCUT2D eigenvalue weighted by molar-refractivity contribution is 0.0766. The molecule has 1 aromatic heterocycles. The van der Waals surface area contributed by atoms with Crippen LogP contribution >= 0.6 is 47.2 Å². The number of carbonyl (C=O) groups excluding carboxylic acids is 1. The maximum atomic E-state index is 14.0. The van der Waals surface area contributed by atoms with Crippen LogP contribution in [0, 0.1) is 0 Å². The minimum atomic E-state index is -3.84. The lowest BCUT2D eigenvalue weighted by Crippen LogP contribution is -2.29. The van der Waals surface area contributed by atoms with Crippen molar-refractivity contribution in [3.05, 3.63) is 44.0 Å². The number of hydrogen-bond donors (Lipinski definition) is 6. The first-order chi connectivity index (χ1) is 12.1. The molecular weight excluding hydrogens is 477 g/mol. The van der Waals surface area contributed by atoms with Crippen molar-refractivity contribution >= 4 is 63.2 Å². The molecular formula is C13H13BrClF2N4O3PS. The van der Waals surface area contributed by atoms with Crippen molar-refractivity contribution in [2.75, 3.05) is 6.54 Å². The van der Waals surface area contributed by atoms with Crippen LogP contribution < -0.4 is 22.3 Å². The van der Waals surface area contributed by atoms with Gasteiger partial charge in [-0.1, -0.05) is 11.6 Å². The highest BCUT2D eigenvalue weighted by Gasteiger charge is 2.44. The fourth-order valence-electron chi connectivity index (χ4n) is 1.99. The molecule has 142 valence electrons. The lowest BCUT2D eigenvalue weighted by Gasteiger charge is -2.15. The van der Waals surface area contributed by atoms with Crippen LogP contribution in [0.4, 0.5) is 8.78 Å². The van der Waals surface area contributed by atoms with Gasteiger partial charge in [-0.25, -0.2) is 0 Å². The Kier molecular flexibility index (Phi) is 6.78. The second kappa shape index (κ2) is 8.30. The van der Waals surface area contributed by atoms with E-state index in [9.17, 15) is 13.6 Å². The molecule has 0 saturated heterocycles. The Labute approximate surface area is 165 Å². The van der Waals surface area contributed by atoms with E-state index >= 15 is 0 Å². The number of halogens is 4. The van der Waals surface area contributed by atoms with Crippen LogP contribution in [0.5, 0.6) is 0 Å². The van der Waals surface area contributed by atoms with Crippen LogP contribution in [0.2, 0.25) is 5.02 Å². The Morgan fingerprint density at radius 3 is 2.69 bits per heavy atom. The molecule has 0 aliphatic heterocycles. The van der Waals surface area contributed by atoms with E-state index in [4.69, 9.17) is 33.0 Å². The Hall–Kier alpha value is -1.07. The third kappa shape index (κ3) is 4.25. The fraction of sp³-hybridized carbons (Fsp3) is 0.154. The van der Waals surface area contributed by atoms with Crippen LogP contribution in [0.25, 0.3) is 10.1 Å². The number of alkyl halides is 2. The number of hydrazine groups is 1. The third-order valence-electron chi connectivity index (χ3n) is 3.19. The van der Waals surface area contributed by atoms with E-state index in [0.29, 0.717) is 11.3 Å². The zero-order valence-corrected chi connectivity index (χ0v) is 16.8. The van der Waals surface area contributed by atoms with Gasteiger partial charge in [-0.05, 0) is 28.1 Å². The smallest absolute Gasteiger partial charge is 0.349 e. The highest BCUT2D eigenvalue weighted by atomic mass is 79.9. The average molecular weight is 490 g/mol. The fourth-order valence-corrected chi connectivity index (χ4v) is 5.04. The summed E-state index contributed by atoms with van der Waals surface area (Å²) in [6.45, 7) is 0.00609. The van der Waals surface area contributed by atoms with Gasteiger partial charge in [-0.15, -0.1) is 11.3 Å². The van der Waals surface area contributed by atoms with Crippen molar-refractivity contribution in [3.8, 4) is 0 Å². The molecule has 0 bridgehead atoms. The van der Waals surface area contributed by atoms with Crippen LogP contribution in [0.3, 0.4) is 0 Å². The number of carbonyl (C=O) groups is 1. The van der Waals surface area contributed by atoms with Crippen LogP contribution in [0.1, 0.15) is 15.2 Å². The molecule has 1 heterocycles. The molecule has 2 aromatic rings. The molecule has 8 N–H and O–H groups in total. The summed E-state index contributed by atoms with van der Waals surface area (Å²) in [5, 5.41) is 2.86. The second-order valence-electron chi connectivity index (χ2n) is 4.98. The summed E-state index contributed by atoms with van der Waals surface area (Å²) in [7, 11) is -3.53. The van der Waals surface area contributed by atoms with Gasteiger partial charge in [-0.3, -0.25) is 10.6 Å². The minimum Gasteiger partial charge on any atom is -0.399 e. The van der Waals surface area contributed by atoms with E-state index in [2.05, 4.69) is 26.7 Å².